The van der Waals surface area contributed by atoms with E-state index in [0.29, 0.717) is 17.1 Å². The summed E-state index contributed by atoms with van der Waals surface area (Å²) in [4.78, 5) is 28.2. The number of ether oxygens (including phenoxy) is 2. The molecule has 6 heteroatoms. The van der Waals surface area contributed by atoms with Crippen molar-refractivity contribution < 1.29 is 23.9 Å². The van der Waals surface area contributed by atoms with Gasteiger partial charge in [0.15, 0.2) is 17.3 Å². The second-order valence-corrected chi connectivity index (χ2v) is 4.73. The fourth-order valence-corrected chi connectivity index (χ4v) is 2.24. The molecule has 0 aliphatic rings. The summed E-state index contributed by atoms with van der Waals surface area (Å²) in [5.41, 5.74) is 0.974. The highest BCUT2D eigenvalue weighted by molar-refractivity contribution is 6.12. The van der Waals surface area contributed by atoms with Crippen LogP contribution in [-0.2, 0) is 4.84 Å². The van der Waals surface area contributed by atoms with Gasteiger partial charge in [-0.1, -0.05) is 30.3 Å². The number of carbonyl (C=O) groups excluding carboxylic acids is 2. The summed E-state index contributed by atoms with van der Waals surface area (Å²) in [6.07, 6.45) is 2.94. The molecule has 2 N–H and O–H groups in total. The van der Waals surface area contributed by atoms with Crippen molar-refractivity contribution in [3.8, 4) is 11.5 Å². The lowest BCUT2D eigenvalue weighted by molar-refractivity contribution is 0.0501. The van der Waals surface area contributed by atoms with E-state index in [1.807, 2.05) is 0 Å². The SMILES string of the molecule is COc1cccc(/C=C/C(=O)c2ccccc2C(=O)ON)c1OC. The van der Waals surface area contributed by atoms with Crippen LogP contribution in [0.5, 0.6) is 11.5 Å². The average molecular weight is 327 g/mol. The molecule has 2 aromatic carbocycles. The Morgan fingerprint density at radius 1 is 0.958 bits per heavy atom. The third-order valence-corrected chi connectivity index (χ3v) is 3.37. The lowest BCUT2D eigenvalue weighted by Crippen LogP contribution is -2.14. The fraction of sp³-hybridized carbons (Fsp3) is 0.111. The van der Waals surface area contributed by atoms with E-state index in [1.54, 1.807) is 36.4 Å². The second kappa shape index (κ2) is 7.94. The van der Waals surface area contributed by atoms with Crippen LogP contribution in [0.15, 0.2) is 48.5 Å². The van der Waals surface area contributed by atoms with Gasteiger partial charge in [0, 0.05) is 11.1 Å². The Hall–Kier alpha value is -3.12. The predicted octanol–water partition coefficient (Wildman–Crippen LogP) is 2.63. The largest absolute Gasteiger partial charge is 0.493 e. The number of methoxy groups -OCH3 is 2. The maximum absolute atomic E-state index is 12.4. The molecule has 124 valence electrons. The van der Waals surface area contributed by atoms with Gasteiger partial charge in [-0.2, -0.15) is 5.90 Å². The molecule has 24 heavy (non-hydrogen) atoms. The normalized spacial score (nSPS) is 10.5. The topological polar surface area (TPSA) is 87.9 Å². The molecule has 0 atom stereocenters. The molecular formula is C18H17NO5. The Balaban J connectivity index is 2.34. The number of benzene rings is 2. The lowest BCUT2D eigenvalue weighted by atomic mass is 10.0. The molecule has 0 bridgehead atoms. The first-order valence-electron chi connectivity index (χ1n) is 7.05. The minimum absolute atomic E-state index is 0.104. The number of ketones is 1. The van der Waals surface area contributed by atoms with E-state index in [1.165, 1.54) is 32.4 Å². The first-order valence-corrected chi connectivity index (χ1v) is 7.05. The van der Waals surface area contributed by atoms with Crippen LogP contribution in [0.1, 0.15) is 26.3 Å². The summed E-state index contributed by atoms with van der Waals surface area (Å²) in [5.74, 6) is 4.83. The standard InChI is InChI=1S/C18H17NO5/c1-22-16-9-5-6-12(17(16)23-2)10-11-15(20)13-7-3-4-8-14(13)18(21)24-19/h3-11H,19H2,1-2H3/b11-10+. The summed E-state index contributed by atoms with van der Waals surface area (Å²) in [6.45, 7) is 0. The molecule has 0 unspecified atom stereocenters. The first-order chi connectivity index (χ1) is 11.6. The van der Waals surface area contributed by atoms with E-state index in [2.05, 4.69) is 4.84 Å². The minimum atomic E-state index is -0.772. The molecule has 0 aliphatic heterocycles. The van der Waals surface area contributed by atoms with Crippen molar-refractivity contribution in [3.63, 3.8) is 0 Å². The lowest BCUT2D eigenvalue weighted by Gasteiger charge is -2.09. The molecule has 0 aromatic heterocycles. The van der Waals surface area contributed by atoms with Crippen LogP contribution in [0.2, 0.25) is 0 Å². The van der Waals surface area contributed by atoms with Gasteiger partial charge in [0.1, 0.15) is 0 Å². The molecule has 0 amide bonds. The van der Waals surface area contributed by atoms with E-state index in [0.717, 1.165) is 0 Å². The van der Waals surface area contributed by atoms with Gasteiger partial charge in [-0.15, -0.1) is 0 Å². The molecule has 0 saturated heterocycles. The quantitative estimate of drug-likeness (QED) is 0.498. The molecule has 0 saturated carbocycles. The van der Waals surface area contributed by atoms with Gasteiger partial charge in [0.05, 0.1) is 19.8 Å². The van der Waals surface area contributed by atoms with Gasteiger partial charge in [0.2, 0.25) is 0 Å². The minimum Gasteiger partial charge on any atom is -0.493 e. The summed E-state index contributed by atoms with van der Waals surface area (Å²) in [7, 11) is 3.05. The van der Waals surface area contributed by atoms with Gasteiger partial charge < -0.3 is 14.3 Å². The highest BCUT2D eigenvalue weighted by Gasteiger charge is 2.16. The van der Waals surface area contributed by atoms with Crippen molar-refractivity contribution in [2.75, 3.05) is 14.2 Å². The smallest absolute Gasteiger partial charge is 0.357 e. The van der Waals surface area contributed by atoms with Crippen LogP contribution in [0.3, 0.4) is 0 Å². The van der Waals surface area contributed by atoms with Gasteiger partial charge in [0.25, 0.3) is 0 Å². The number of hydrogen-bond donors (Lipinski definition) is 1. The van der Waals surface area contributed by atoms with Crippen molar-refractivity contribution >= 4 is 17.8 Å². The fourth-order valence-electron chi connectivity index (χ4n) is 2.24. The number of para-hydroxylation sites is 1. The Bertz CT molecular complexity index is 783. The highest BCUT2D eigenvalue weighted by atomic mass is 16.7. The van der Waals surface area contributed by atoms with Gasteiger partial charge >= 0.3 is 5.97 Å². The maximum atomic E-state index is 12.4. The van der Waals surface area contributed by atoms with Crippen LogP contribution in [0.4, 0.5) is 0 Å². The Morgan fingerprint density at radius 2 is 1.67 bits per heavy atom. The Labute approximate surface area is 139 Å². The van der Waals surface area contributed by atoms with E-state index in [4.69, 9.17) is 15.4 Å². The van der Waals surface area contributed by atoms with Crippen LogP contribution in [0, 0.1) is 0 Å². The highest BCUT2D eigenvalue weighted by Crippen LogP contribution is 2.31. The van der Waals surface area contributed by atoms with Gasteiger partial charge in [-0.3, -0.25) is 4.79 Å². The Kier molecular flexibility index (Phi) is 5.70. The molecule has 6 nitrogen and oxygen atoms in total. The summed E-state index contributed by atoms with van der Waals surface area (Å²) < 4.78 is 10.5. The van der Waals surface area contributed by atoms with Crippen molar-refractivity contribution in [1.29, 1.82) is 0 Å². The molecule has 2 aromatic rings. The third kappa shape index (κ3) is 3.61. The van der Waals surface area contributed by atoms with Crippen LogP contribution in [0.25, 0.3) is 6.08 Å². The zero-order valence-electron chi connectivity index (χ0n) is 13.3. The summed E-state index contributed by atoms with van der Waals surface area (Å²) in [5, 5.41) is 0. The van der Waals surface area contributed by atoms with E-state index in [9.17, 15) is 9.59 Å². The average Bonchev–Trinajstić information content (AvgIpc) is 2.64. The molecule has 0 radical (unpaired) electrons. The molecule has 2 rings (SSSR count). The van der Waals surface area contributed by atoms with Crippen LogP contribution in [-0.4, -0.2) is 26.0 Å². The number of rotatable bonds is 6. The van der Waals surface area contributed by atoms with Crippen molar-refractivity contribution in [1.82, 2.24) is 0 Å². The van der Waals surface area contributed by atoms with Gasteiger partial charge in [-0.05, 0) is 24.3 Å². The molecule has 0 spiro atoms. The van der Waals surface area contributed by atoms with Crippen molar-refractivity contribution in [2.24, 2.45) is 5.90 Å². The van der Waals surface area contributed by atoms with Gasteiger partial charge in [-0.25, -0.2) is 4.79 Å². The van der Waals surface area contributed by atoms with E-state index >= 15 is 0 Å². The molecular weight excluding hydrogens is 310 g/mol. The summed E-state index contributed by atoms with van der Waals surface area (Å²) in [6, 6.07) is 11.6. The zero-order valence-corrected chi connectivity index (χ0v) is 13.3. The second-order valence-electron chi connectivity index (χ2n) is 4.73. The Morgan fingerprint density at radius 3 is 2.29 bits per heavy atom. The third-order valence-electron chi connectivity index (χ3n) is 3.37. The zero-order chi connectivity index (χ0) is 17.5. The number of nitrogens with two attached hydrogens (primary N) is 1. The summed E-state index contributed by atoms with van der Waals surface area (Å²) >= 11 is 0. The molecule has 0 aliphatic carbocycles. The molecule has 0 heterocycles. The van der Waals surface area contributed by atoms with Crippen LogP contribution < -0.4 is 15.4 Å². The van der Waals surface area contributed by atoms with Crippen molar-refractivity contribution in [3.05, 3.63) is 65.2 Å². The molecule has 0 fully saturated rings. The van der Waals surface area contributed by atoms with E-state index in [-0.39, 0.29) is 16.9 Å². The first kappa shape index (κ1) is 17.2. The predicted molar refractivity (Wildman–Crippen MR) is 89.0 cm³/mol. The monoisotopic (exact) mass is 327 g/mol. The number of carbonyl (C=O) groups is 2. The number of allylic oxidation sites excluding steroid dienone is 1. The van der Waals surface area contributed by atoms with Crippen LogP contribution >= 0.6 is 0 Å². The number of hydrogen-bond acceptors (Lipinski definition) is 6. The van der Waals surface area contributed by atoms with E-state index < -0.39 is 5.97 Å². The maximum Gasteiger partial charge on any atom is 0.357 e. The van der Waals surface area contributed by atoms with Crippen molar-refractivity contribution in [2.45, 2.75) is 0 Å².